The topological polar surface area (TPSA) is 47.3 Å². The highest BCUT2D eigenvalue weighted by atomic mass is 32.1. The summed E-state index contributed by atoms with van der Waals surface area (Å²) in [6.07, 6.45) is 3.11. The highest BCUT2D eigenvalue weighted by Gasteiger charge is 2.13. The number of aromatic nitrogens is 3. The van der Waals surface area contributed by atoms with Crippen LogP contribution in [0.5, 0.6) is 0 Å². The third-order valence-corrected chi connectivity index (χ3v) is 3.79. The largest absolute Gasteiger partial charge is 0.292 e. The van der Waals surface area contributed by atoms with Crippen LogP contribution in [0.1, 0.15) is 30.3 Å². The molecule has 19 heavy (non-hydrogen) atoms. The molecule has 0 fully saturated rings. The molecule has 0 spiro atoms. The number of hydrogen-bond donors (Lipinski definition) is 0. The van der Waals surface area contributed by atoms with Gasteiger partial charge in [-0.05, 0) is 23.9 Å². The van der Waals surface area contributed by atoms with E-state index < -0.39 is 0 Å². The van der Waals surface area contributed by atoms with E-state index in [0.29, 0.717) is 17.8 Å². The molecule has 0 atom stereocenters. The molecule has 0 aliphatic carbocycles. The number of hydrogen-bond acceptors (Lipinski definition) is 4. The summed E-state index contributed by atoms with van der Waals surface area (Å²) in [6.45, 7) is 1.99. The van der Waals surface area contributed by atoms with E-state index in [9.17, 15) is 4.79 Å². The molecule has 0 aliphatic rings. The molecule has 3 heterocycles. The summed E-state index contributed by atoms with van der Waals surface area (Å²) < 4.78 is 1.74. The molecule has 0 aromatic carbocycles. The van der Waals surface area contributed by atoms with Crippen LogP contribution in [0.15, 0.2) is 35.8 Å². The molecule has 0 unspecified atom stereocenters. The lowest BCUT2D eigenvalue weighted by atomic mass is 10.2. The maximum atomic E-state index is 11.9. The fourth-order valence-electron chi connectivity index (χ4n) is 2.00. The molecule has 0 radical (unpaired) electrons. The number of rotatable bonds is 4. The molecule has 5 heteroatoms. The fourth-order valence-corrected chi connectivity index (χ4v) is 2.73. The number of fused-ring (bicyclic) bond motifs is 1. The highest BCUT2D eigenvalue weighted by molar-refractivity contribution is 7.13. The number of nitrogens with zero attached hydrogens (tertiary/aromatic N) is 3. The molecule has 0 bridgehead atoms. The number of ketones is 1. The second kappa shape index (κ2) is 4.93. The lowest BCUT2D eigenvalue weighted by Gasteiger charge is -2.00. The SMILES string of the molecule is CCCC(=O)c1cc2nccc(-c3cccs3)n2n1. The number of thiophene rings is 1. The second-order valence-corrected chi connectivity index (χ2v) is 5.23. The molecular formula is C14H13N3OS. The highest BCUT2D eigenvalue weighted by Crippen LogP contribution is 2.24. The van der Waals surface area contributed by atoms with E-state index >= 15 is 0 Å². The van der Waals surface area contributed by atoms with E-state index in [1.165, 1.54) is 0 Å². The quantitative estimate of drug-likeness (QED) is 0.683. The van der Waals surface area contributed by atoms with Gasteiger partial charge in [-0.25, -0.2) is 9.50 Å². The Morgan fingerprint density at radius 1 is 1.42 bits per heavy atom. The maximum absolute atomic E-state index is 11.9. The Kier molecular flexibility index (Phi) is 3.13. The first-order valence-corrected chi connectivity index (χ1v) is 7.09. The average molecular weight is 271 g/mol. The third-order valence-electron chi connectivity index (χ3n) is 2.89. The Balaban J connectivity index is 2.13. The summed E-state index contributed by atoms with van der Waals surface area (Å²) in [4.78, 5) is 17.3. The Hall–Kier alpha value is -2.01. The number of carbonyl (C=O) groups is 1. The first-order valence-electron chi connectivity index (χ1n) is 6.21. The van der Waals surface area contributed by atoms with Gasteiger partial charge in [0.1, 0.15) is 5.69 Å². The van der Waals surface area contributed by atoms with Gasteiger partial charge in [0.05, 0.1) is 10.6 Å². The molecule has 0 saturated heterocycles. The minimum atomic E-state index is 0.0742. The van der Waals surface area contributed by atoms with Crippen molar-refractivity contribution in [3.63, 3.8) is 0 Å². The van der Waals surface area contributed by atoms with Crippen molar-refractivity contribution < 1.29 is 4.79 Å². The van der Waals surface area contributed by atoms with Gasteiger partial charge in [0, 0.05) is 18.7 Å². The Bertz CT molecular complexity index is 715. The van der Waals surface area contributed by atoms with Gasteiger partial charge in [0.2, 0.25) is 0 Å². The van der Waals surface area contributed by atoms with Crippen molar-refractivity contribution in [2.75, 3.05) is 0 Å². The summed E-state index contributed by atoms with van der Waals surface area (Å²) in [6, 6.07) is 7.71. The van der Waals surface area contributed by atoms with Crippen LogP contribution in [0.3, 0.4) is 0 Å². The van der Waals surface area contributed by atoms with Gasteiger partial charge in [-0.3, -0.25) is 4.79 Å². The zero-order chi connectivity index (χ0) is 13.2. The summed E-state index contributed by atoms with van der Waals surface area (Å²) in [5.74, 6) is 0.0742. The number of Topliss-reactive ketones (excluding diaryl/α,β-unsaturated/α-hetero) is 1. The Morgan fingerprint density at radius 3 is 3.05 bits per heavy atom. The lowest BCUT2D eigenvalue weighted by molar-refractivity contribution is 0.0976. The molecule has 0 N–H and O–H groups in total. The van der Waals surface area contributed by atoms with E-state index in [1.54, 1.807) is 28.1 Å². The molecular weight excluding hydrogens is 258 g/mol. The zero-order valence-electron chi connectivity index (χ0n) is 10.5. The zero-order valence-corrected chi connectivity index (χ0v) is 11.4. The van der Waals surface area contributed by atoms with Crippen LogP contribution < -0.4 is 0 Å². The molecule has 96 valence electrons. The van der Waals surface area contributed by atoms with Gasteiger partial charge >= 0.3 is 0 Å². The Morgan fingerprint density at radius 2 is 2.32 bits per heavy atom. The molecule has 3 aromatic rings. The minimum absolute atomic E-state index is 0.0742. The minimum Gasteiger partial charge on any atom is -0.292 e. The van der Waals surface area contributed by atoms with Gasteiger partial charge in [-0.2, -0.15) is 5.10 Å². The first-order chi connectivity index (χ1) is 9.29. The van der Waals surface area contributed by atoms with Crippen LogP contribution >= 0.6 is 11.3 Å². The van der Waals surface area contributed by atoms with Gasteiger partial charge < -0.3 is 0 Å². The van der Waals surface area contributed by atoms with E-state index in [-0.39, 0.29) is 5.78 Å². The van der Waals surface area contributed by atoms with E-state index in [1.807, 2.05) is 30.5 Å². The van der Waals surface area contributed by atoms with Crippen molar-refractivity contribution >= 4 is 22.8 Å². The van der Waals surface area contributed by atoms with E-state index in [4.69, 9.17) is 0 Å². The molecule has 0 amide bonds. The summed E-state index contributed by atoms with van der Waals surface area (Å²) in [5, 5.41) is 6.42. The third kappa shape index (κ3) is 2.17. The van der Waals surface area contributed by atoms with Gasteiger partial charge in [0.25, 0.3) is 0 Å². The molecule has 0 aliphatic heterocycles. The van der Waals surface area contributed by atoms with Crippen molar-refractivity contribution in [2.24, 2.45) is 0 Å². The smallest absolute Gasteiger partial charge is 0.183 e. The van der Waals surface area contributed by atoms with Gasteiger partial charge in [-0.1, -0.05) is 13.0 Å². The number of carbonyl (C=O) groups excluding carboxylic acids is 1. The van der Waals surface area contributed by atoms with E-state index in [2.05, 4.69) is 10.1 Å². The average Bonchev–Trinajstić information content (AvgIpc) is 3.07. The fraction of sp³-hybridized carbons (Fsp3) is 0.214. The van der Waals surface area contributed by atoms with Crippen molar-refractivity contribution in [2.45, 2.75) is 19.8 Å². The van der Waals surface area contributed by atoms with Crippen LogP contribution in [0.4, 0.5) is 0 Å². The lowest BCUT2D eigenvalue weighted by Crippen LogP contribution is -2.00. The van der Waals surface area contributed by atoms with Crippen LogP contribution in [0.25, 0.3) is 16.2 Å². The van der Waals surface area contributed by atoms with Crippen molar-refractivity contribution in [3.05, 3.63) is 41.5 Å². The molecule has 3 aromatic heterocycles. The van der Waals surface area contributed by atoms with Gasteiger partial charge in [0.15, 0.2) is 11.4 Å². The first kappa shape index (κ1) is 12.0. The molecule has 0 saturated carbocycles. The van der Waals surface area contributed by atoms with E-state index in [0.717, 1.165) is 17.0 Å². The normalized spacial score (nSPS) is 11.0. The summed E-state index contributed by atoms with van der Waals surface area (Å²) in [5.41, 5.74) is 2.18. The van der Waals surface area contributed by atoms with Crippen molar-refractivity contribution in [3.8, 4) is 10.6 Å². The standard InChI is InChI=1S/C14H13N3OS/c1-2-4-12(18)10-9-14-15-7-6-11(17(14)16-10)13-5-3-8-19-13/h3,5-9H,2,4H2,1H3. The Labute approximate surface area is 114 Å². The van der Waals surface area contributed by atoms with Crippen LogP contribution in [0.2, 0.25) is 0 Å². The van der Waals surface area contributed by atoms with Gasteiger partial charge in [-0.15, -0.1) is 11.3 Å². The monoisotopic (exact) mass is 271 g/mol. The summed E-state index contributed by atoms with van der Waals surface area (Å²) >= 11 is 1.65. The molecule has 3 rings (SSSR count). The predicted molar refractivity (Wildman–Crippen MR) is 75.5 cm³/mol. The van der Waals surface area contributed by atoms with Crippen molar-refractivity contribution in [1.82, 2.24) is 14.6 Å². The van der Waals surface area contributed by atoms with Crippen LogP contribution in [-0.4, -0.2) is 20.4 Å². The maximum Gasteiger partial charge on any atom is 0.183 e. The van der Waals surface area contributed by atoms with Crippen LogP contribution in [-0.2, 0) is 0 Å². The van der Waals surface area contributed by atoms with Crippen LogP contribution in [0, 0.1) is 0 Å². The second-order valence-electron chi connectivity index (χ2n) is 4.28. The summed E-state index contributed by atoms with van der Waals surface area (Å²) in [7, 11) is 0. The van der Waals surface area contributed by atoms with Crippen molar-refractivity contribution in [1.29, 1.82) is 0 Å². The predicted octanol–water partition coefficient (Wildman–Crippen LogP) is 3.44. The molecule has 4 nitrogen and oxygen atoms in total.